The molecule has 0 amide bonds. The topological polar surface area (TPSA) is 54.5 Å². The molecule has 1 aromatic carbocycles. The highest BCUT2D eigenvalue weighted by atomic mass is 79.9. The molecule has 3 rings (SSSR count). The van der Waals surface area contributed by atoms with Crippen molar-refractivity contribution in [1.29, 1.82) is 0 Å². The molecule has 1 unspecified atom stereocenters. The van der Waals surface area contributed by atoms with Gasteiger partial charge in [-0.2, -0.15) is 0 Å². The summed E-state index contributed by atoms with van der Waals surface area (Å²) in [4.78, 5) is 10.5. The number of anilines is 1. The third-order valence-electron chi connectivity index (χ3n) is 3.74. The van der Waals surface area contributed by atoms with Crippen molar-refractivity contribution in [1.82, 2.24) is 4.98 Å². The monoisotopic (exact) mass is 364 g/mol. The summed E-state index contributed by atoms with van der Waals surface area (Å²) >= 11 is 9.53. The zero-order valence-corrected chi connectivity index (χ0v) is 13.8. The summed E-state index contributed by atoms with van der Waals surface area (Å²) in [6, 6.07) is 9.73. The molecule has 0 saturated heterocycles. The molecule has 0 radical (unpaired) electrons. The van der Waals surface area contributed by atoms with Gasteiger partial charge < -0.3 is 10.6 Å². The molecule has 2 N–H and O–H groups in total. The van der Waals surface area contributed by atoms with Gasteiger partial charge in [0.2, 0.25) is 0 Å². The molecule has 1 aliphatic heterocycles. The molecule has 4 nitrogen and oxygen atoms in total. The molecule has 1 aromatic heterocycles. The van der Waals surface area contributed by atoms with Gasteiger partial charge in [0.1, 0.15) is 0 Å². The standard InChI is InChI=1S/C15H14BrClN4/c1-15(10-4-6-19-7-5-10)9-20-14(18)21(15)11-2-3-13(17)12(16)8-11/h2-8H,9H2,1H3,(H2,18,20). The lowest BCUT2D eigenvalue weighted by Gasteiger charge is -2.36. The normalized spacial score (nSPS) is 21.5. The molecular formula is C15H14BrClN4. The van der Waals surface area contributed by atoms with Gasteiger partial charge in [-0.1, -0.05) is 11.6 Å². The van der Waals surface area contributed by atoms with E-state index in [2.05, 4.69) is 32.8 Å². The maximum absolute atomic E-state index is 6.12. The van der Waals surface area contributed by atoms with E-state index in [1.54, 1.807) is 12.4 Å². The van der Waals surface area contributed by atoms with E-state index in [9.17, 15) is 0 Å². The average Bonchev–Trinajstić information content (AvgIpc) is 2.80. The van der Waals surface area contributed by atoms with E-state index in [0.717, 1.165) is 15.7 Å². The summed E-state index contributed by atoms with van der Waals surface area (Å²) in [5.41, 5.74) is 7.86. The number of benzene rings is 1. The Bertz CT molecular complexity index is 704. The molecule has 0 bridgehead atoms. The predicted octanol–water partition coefficient (Wildman–Crippen LogP) is 3.55. The first kappa shape index (κ1) is 14.4. The zero-order chi connectivity index (χ0) is 15.0. The lowest BCUT2D eigenvalue weighted by molar-refractivity contribution is 0.532. The number of rotatable bonds is 2. The third kappa shape index (κ3) is 2.40. The van der Waals surface area contributed by atoms with E-state index in [4.69, 9.17) is 17.3 Å². The lowest BCUT2D eigenvalue weighted by Crippen LogP contribution is -2.47. The lowest BCUT2D eigenvalue weighted by atomic mass is 9.91. The highest BCUT2D eigenvalue weighted by Crippen LogP contribution is 2.38. The second-order valence-electron chi connectivity index (χ2n) is 5.12. The van der Waals surface area contributed by atoms with E-state index >= 15 is 0 Å². The van der Waals surface area contributed by atoms with Crippen LogP contribution in [0.4, 0.5) is 5.69 Å². The molecule has 0 fully saturated rings. The first-order chi connectivity index (χ1) is 10.0. The van der Waals surface area contributed by atoms with Gasteiger partial charge >= 0.3 is 0 Å². The number of pyridine rings is 1. The highest BCUT2D eigenvalue weighted by molar-refractivity contribution is 9.10. The van der Waals surface area contributed by atoms with Gasteiger partial charge in [0.15, 0.2) is 5.96 Å². The molecule has 2 aromatic rings. The van der Waals surface area contributed by atoms with Crippen LogP contribution >= 0.6 is 27.5 Å². The van der Waals surface area contributed by atoms with Gasteiger partial charge in [0.05, 0.1) is 17.1 Å². The maximum Gasteiger partial charge on any atom is 0.196 e. The molecule has 21 heavy (non-hydrogen) atoms. The molecule has 6 heteroatoms. The Kier molecular flexibility index (Phi) is 3.63. The van der Waals surface area contributed by atoms with Crippen molar-refractivity contribution in [3.63, 3.8) is 0 Å². The largest absolute Gasteiger partial charge is 0.369 e. The van der Waals surface area contributed by atoms with Crippen LogP contribution in [0.1, 0.15) is 12.5 Å². The van der Waals surface area contributed by atoms with Crippen LogP contribution < -0.4 is 10.6 Å². The van der Waals surface area contributed by atoms with Gasteiger partial charge in [-0.05, 0) is 58.7 Å². The average molecular weight is 366 g/mol. The number of halogens is 2. The number of hydrogen-bond donors (Lipinski definition) is 1. The Morgan fingerprint density at radius 1 is 1.29 bits per heavy atom. The zero-order valence-electron chi connectivity index (χ0n) is 11.4. The number of nitrogens with two attached hydrogens (primary N) is 1. The van der Waals surface area contributed by atoms with Crippen LogP contribution in [0.25, 0.3) is 0 Å². The van der Waals surface area contributed by atoms with Crippen molar-refractivity contribution in [3.05, 3.63) is 57.8 Å². The molecule has 1 atom stereocenters. The summed E-state index contributed by atoms with van der Waals surface area (Å²) in [5.74, 6) is 0.503. The minimum Gasteiger partial charge on any atom is -0.369 e. The molecule has 0 spiro atoms. The number of hydrogen-bond acceptors (Lipinski definition) is 4. The molecule has 2 heterocycles. The van der Waals surface area contributed by atoms with Crippen LogP contribution in [0.15, 0.2) is 52.2 Å². The Labute approximate surface area is 136 Å². The summed E-state index contributed by atoms with van der Waals surface area (Å²) < 4.78 is 0.832. The summed E-state index contributed by atoms with van der Waals surface area (Å²) in [7, 11) is 0. The van der Waals surface area contributed by atoms with Crippen LogP contribution in [0.5, 0.6) is 0 Å². The first-order valence-electron chi connectivity index (χ1n) is 6.48. The smallest absolute Gasteiger partial charge is 0.196 e. The van der Waals surface area contributed by atoms with Crippen molar-refractivity contribution < 1.29 is 0 Å². The minimum absolute atomic E-state index is 0.333. The quantitative estimate of drug-likeness (QED) is 0.885. The summed E-state index contributed by atoms with van der Waals surface area (Å²) in [5, 5.41) is 0.666. The highest BCUT2D eigenvalue weighted by Gasteiger charge is 2.40. The second-order valence-corrected chi connectivity index (χ2v) is 6.38. The Balaban J connectivity index is 2.09. The first-order valence-corrected chi connectivity index (χ1v) is 7.65. The SMILES string of the molecule is CC1(c2ccncc2)CN=C(N)N1c1ccc(Cl)c(Br)c1. The van der Waals surface area contributed by atoms with Crippen LogP contribution in [-0.2, 0) is 5.54 Å². The van der Waals surface area contributed by atoms with Crippen LogP contribution in [0, 0.1) is 0 Å². The maximum atomic E-state index is 6.12. The summed E-state index contributed by atoms with van der Waals surface area (Å²) in [6.07, 6.45) is 3.57. The van der Waals surface area contributed by atoms with Crippen LogP contribution in [-0.4, -0.2) is 17.5 Å². The molecule has 1 aliphatic rings. The van der Waals surface area contributed by atoms with Gasteiger partial charge in [0.25, 0.3) is 0 Å². The fraction of sp³-hybridized carbons (Fsp3) is 0.200. The van der Waals surface area contributed by atoms with Crippen molar-refractivity contribution in [2.75, 3.05) is 11.4 Å². The number of guanidine groups is 1. The van der Waals surface area contributed by atoms with E-state index in [-0.39, 0.29) is 5.54 Å². The van der Waals surface area contributed by atoms with E-state index < -0.39 is 0 Å². The van der Waals surface area contributed by atoms with Crippen LogP contribution in [0.2, 0.25) is 5.02 Å². The van der Waals surface area contributed by atoms with E-state index in [1.807, 2.05) is 35.2 Å². The van der Waals surface area contributed by atoms with E-state index in [1.165, 1.54) is 0 Å². The fourth-order valence-corrected chi connectivity index (χ4v) is 3.09. The molecule has 108 valence electrons. The van der Waals surface area contributed by atoms with Crippen molar-refractivity contribution in [2.24, 2.45) is 10.7 Å². The Hall–Kier alpha value is -1.59. The van der Waals surface area contributed by atoms with Crippen molar-refractivity contribution in [2.45, 2.75) is 12.5 Å². The van der Waals surface area contributed by atoms with Gasteiger partial charge in [-0.25, -0.2) is 0 Å². The Morgan fingerprint density at radius 2 is 2.00 bits per heavy atom. The molecule has 0 aliphatic carbocycles. The number of aromatic nitrogens is 1. The van der Waals surface area contributed by atoms with Crippen LogP contribution in [0.3, 0.4) is 0 Å². The predicted molar refractivity (Wildman–Crippen MR) is 89.7 cm³/mol. The summed E-state index contributed by atoms with van der Waals surface area (Å²) in [6.45, 7) is 2.72. The Morgan fingerprint density at radius 3 is 2.67 bits per heavy atom. The molecular weight excluding hydrogens is 352 g/mol. The third-order valence-corrected chi connectivity index (χ3v) is 4.95. The minimum atomic E-state index is -0.333. The molecule has 0 saturated carbocycles. The van der Waals surface area contributed by atoms with Crippen molar-refractivity contribution in [3.8, 4) is 0 Å². The second kappa shape index (κ2) is 5.31. The fourth-order valence-electron chi connectivity index (χ4n) is 2.60. The van der Waals surface area contributed by atoms with Gasteiger partial charge in [0, 0.05) is 22.6 Å². The van der Waals surface area contributed by atoms with Crippen molar-refractivity contribution >= 4 is 39.2 Å². The number of aliphatic imine (C=N–C) groups is 1. The number of nitrogens with zero attached hydrogens (tertiary/aromatic N) is 3. The van der Waals surface area contributed by atoms with Gasteiger partial charge in [-0.3, -0.25) is 9.98 Å². The van der Waals surface area contributed by atoms with Gasteiger partial charge in [-0.15, -0.1) is 0 Å². The van der Waals surface area contributed by atoms with E-state index in [0.29, 0.717) is 17.5 Å².